The lowest BCUT2D eigenvalue weighted by Crippen LogP contribution is -2.41. The van der Waals surface area contributed by atoms with Crippen LogP contribution in [0.15, 0.2) is 57.7 Å². The molecule has 0 aromatic heterocycles. The molecule has 1 aromatic rings. The molecule has 138 valence electrons. The van der Waals surface area contributed by atoms with Crippen molar-refractivity contribution in [2.24, 2.45) is 9.98 Å². The number of nitrogens with zero attached hydrogens (tertiary/aromatic N) is 2. The summed E-state index contributed by atoms with van der Waals surface area (Å²) in [6.07, 6.45) is 9.42. The Bertz CT molecular complexity index is 762. The molecule has 1 heterocycles. The van der Waals surface area contributed by atoms with Crippen LogP contribution in [0.25, 0.3) is 0 Å². The van der Waals surface area contributed by atoms with Crippen LogP contribution in [0.4, 0.5) is 0 Å². The zero-order valence-electron chi connectivity index (χ0n) is 15.4. The van der Waals surface area contributed by atoms with E-state index in [1.54, 1.807) is 12.4 Å². The highest BCUT2D eigenvalue weighted by atomic mass is 16.3. The average molecular weight is 353 g/mol. The van der Waals surface area contributed by atoms with Crippen molar-refractivity contribution < 1.29 is 10.2 Å². The van der Waals surface area contributed by atoms with Gasteiger partial charge in [0.2, 0.25) is 0 Å². The second kappa shape index (κ2) is 7.87. The fourth-order valence-electron chi connectivity index (χ4n) is 3.23. The van der Waals surface area contributed by atoms with Gasteiger partial charge in [0, 0.05) is 0 Å². The summed E-state index contributed by atoms with van der Waals surface area (Å²) < 4.78 is 0. The second-order valence-corrected chi connectivity index (χ2v) is 7.04. The standard InChI is InChI=1S/C21H27N3O2/c1-3-4-5-6-15-7-9-16(10-8-15)21(2)23-14-22-20(24-21)18-12-11-17(25)13-19(18)26/h7-10,12-14,17,25-26H,3-6,11H2,1-2H3,(H,22,23,24). The Morgan fingerprint density at radius 3 is 2.69 bits per heavy atom. The number of aliphatic hydroxyl groups excluding tert-OH is 2. The molecule has 2 unspecified atom stereocenters. The normalized spacial score (nSPS) is 25.2. The van der Waals surface area contributed by atoms with Crippen LogP contribution in [0.2, 0.25) is 0 Å². The molecule has 3 rings (SSSR count). The molecule has 5 nitrogen and oxygen atoms in total. The summed E-state index contributed by atoms with van der Waals surface area (Å²) in [7, 11) is 0. The van der Waals surface area contributed by atoms with Gasteiger partial charge in [-0.2, -0.15) is 0 Å². The predicted molar refractivity (Wildman–Crippen MR) is 106 cm³/mol. The van der Waals surface area contributed by atoms with Gasteiger partial charge in [0.25, 0.3) is 0 Å². The van der Waals surface area contributed by atoms with Crippen LogP contribution >= 0.6 is 0 Å². The topological polar surface area (TPSA) is 77.2 Å². The van der Waals surface area contributed by atoms with Gasteiger partial charge >= 0.3 is 0 Å². The van der Waals surface area contributed by atoms with Gasteiger partial charge in [0.05, 0.1) is 18.0 Å². The summed E-state index contributed by atoms with van der Waals surface area (Å²) in [5, 5.41) is 23.0. The Morgan fingerprint density at radius 1 is 1.23 bits per heavy atom. The van der Waals surface area contributed by atoms with Crippen LogP contribution in [0, 0.1) is 0 Å². The van der Waals surface area contributed by atoms with Crippen LogP contribution in [0.1, 0.15) is 50.7 Å². The molecule has 1 aliphatic carbocycles. The van der Waals surface area contributed by atoms with E-state index >= 15 is 0 Å². The van der Waals surface area contributed by atoms with E-state index in [9.17, 15) is 10.2 Å². The molecule has 0 saturated carbocycles. The highest BCUT2D eigenvalue weighted by molar-refractivity contribution is 6.06. The Balaban J connectivity index is 1.80. The third kappa shape index (κ3) is 4.05. The first-order chi connectivity index (χ1) is 12.5. The van der Waals surface area contributed by atoms with E-state index in [4.69, 9.17) is 4.99 Å². The molecule has 0 amide bonds. The van der Waals surface area contributed by atoms with Gasteiger partial charge in [0.15, 0.2) is 11.5 Å². The number of amidine groups is 1. The summed E-state index contributed by atoms with van der Waals surface area (Å²) in [5.74, 6) is 0.495. The molecule has 1 aliphatic heterocycles. The average Bonchev–Trinajstić information content (AvgIpc) is 2.62. The van der Waals surface area contributed by atoms with Gasteiger partial charge < -0.3 is 15.5 Å². The third-order valence-corrected chi connectivity index (χ3v) is 4.88. The molecule has 1 aromatic carbocycles. The molecular weight excluding hydrogens is 326 g/mol. The van der Waals surface area contributed by atoms with E-state index in [1.807, 2.05) is 6.92 Å². The van der Waals surface area contributed by atoms with Crippen LogP contribution in [0.3, 0.4) is 0 Å². The molecule has 0 spiro atoms. The van der Waals surface area contributed by atoms with E-state index in [0.717, 1.165) is 12.0 Å². The first-order valence-corrected chi connectivity index (χ1v) is 9.31. The Labute approximate surface area is 154 Å². The summed E-state index contributed by atoms with van der Waals surface area (Å²) in [6.45, 7) is 4.20. The van der Waals surface area contributed by atoms with Crippen LogP contribution < -0.4 is 5.32 Å². The first-order valence-electron chi connectivity index (χ1n) is 9.31. The fraction of sp³-hybridized carbons (Fsp3) is 0.429. The van der Waals surface area contributed by atoms with Crippen molar-refractivity contribution in [1.29, 1.82) is 0 Å². The fourth-order valence-corrected chi connectivity index (χ4v) is 3.23. The molecule has 5 heteroatoms. The van der Waals surface area contributed by atoms with E-state index in [2.05, 4.69) is 41.5 Å². The Morgan fingerprint density at radius 2 is 2.00 bits per heavy atom. The monoisotopic (exact) mass is 353 g/mol. The lowest BCUT2D eigenvalue weighted by atomic mass is 9.97. The summed E-state index contributed by atoms with van der Waals surface area (Å²) >= 11 is 0. The summed E-state index contributed by atoms with van der Waals surface area (Å²) in [6, 6.07) is 8.52. The van der Waals surface area contributed by atoms with Crippen molar-refractivity contribution >= 4 is 12.2 Å². The minimum atomic E-state index is -0.656. The number of aliphatic hydroxyl groups is 2. The first kappa shape index (κ1) is 18.4. The van der Waals surface area contributed by atoms with E-state index in [-0.39, 0.29) is 5.76 Å². The smallest absolute Gasteiger partial charge is 0.162 e. The summed E-state index contributed by atoms with van der Waals surface area (Å²) in [5.41, 5.74) is 2.30. The highest BCUT2D eigenvalue weighted by Crippen LogP contribution is 2.28. The van der Waals surface area contributed by atoms with Crippen molar-refractivity contribution in [2.75, 3.05) is 0 Å². The van der Waals surface area contributed by atoms with E-state index in [1.165, 1.54) is 30.9 Å². The van der Waals surface area contributed by atoms with Crippen molar-refractivity contribution in [3.63, 3.8) is 0 Å². The van der Waals surface area contributed by atoms with Crippen molar-refractivity contribution in [3.8, 4) is 0 Å². The molecule has 3 N–H and O–H groups in total. The van der Waals surface area contributed by atoms with Gasteiger partial charge in [-0.3, -0.25) is 0 Å². The number of aryl methyl sites for hydroxylation is 1. The zero-order chi connectivity index (χ0) is 18.6. The van der Waals surface area contributed by atoms with Crippen LogP contribution in [-0.2, 0) is 12.1 Å². The van der Waals surface area contributed by atoms with Crippen molar-refractivity contribution in [2.45, 2.75) is 57.7 Å². The number of benzene rings is 1. The SMILES string of the molecule is CCCCCc1ccc(C2(C)N=C(C3=CCC(O)C=C3O)N=CN2)cc1. The molecule has 0 bridgehead atoms. The number of unbranched alkanes of at least 4 members (excludes halogenated alkanes) is 2. The van der Waals surface area contributed by atoms with Gasteiger partial charge in [-0.1, -0.05) is 50.1 Å². The number of hydrogen-bond acceptors (Lipinski definition) is 5. The van der Waals surface area contributed by atoms with Crippen molar-refractivity contribution in [1.82, 2.24) is 5.32 Å². The lowest BCUT2D eigenvalue weighted by Gasteiger charge is -2.30. The minimum absolute atomic E-state index is 0.0233. The Kier molecular flexibility index (Phi) is 5.57. The molecule has 0 fully saturated rings. The molecule has 2 atom stereocenters. The molecule has 0 saturated heterocycles. The quantitative estimate of drug-likeness (QED) is 0.682. The van der Waals surface area contributed by atoms with E-state index < -0.39 is 11.8 Å². The number of nitrogens with one attached hydrogen (secondary N) is 1. The second-order valence-electron chi connectivity index (χ2n) is 7.04. The van der Waals surface area contributed by atoms with Crippen LogP contribution in [0.5, 0.6) is 0 Å². The maximum atomic E-state index is 10.1. The molecule has 2 aliphatic rings. The predicted octanol–water partition coefficient (Wildman–Crippen LogP) is 3.75. The molecule has 0 radical (unpaired) electrons. The zero-order valence-corrected chi connectivity index (χ0v) is 15.4. The van der Waals surface area contributed by atoms with E-state index in [0.29, 0.717) is 17.8 Å². The van der Waals surface area contributed by atoms with Crippen LogP contribution in [-0.4, -0.2) is 28.5 Å². The maximum Gasteiger partial charge on any atom is 0.162 e. The van der Waals surface area contributed by atoms with Gasteiger partial charge in [-0.25, -0.2) is 9.98 Å². The highest BCUT2D eigenvalue weighted by Gasteiger charge is 2.30. The van der Waals surface area contributed by atoms with Gasteiger partial charge in [0.1, 0.15) is 5.76 Å². The molecular formula is C21H27N3O2. The molecule has 26 heavy (non-hydrogen) atoms. The van der Waals surface area contributed by atoms with Crippen molar-refractivity contribution in [3.05, 3.63) is 58.9 Å². The summed E-state index contributed by atoms with van der Waals surface area (Å²) in [4.78, 5) is 9.03. The number of hydrogen-bond donors (Lipinski definition) is 3. The number of aliphatic imine (C=N–C) groups is 2. The van der Waals surface area contributed by atoms with Gasteiger partial charge in [-0.15, -0.1) is 0 Å². The number of rotatable bonds is 6. The Hall–Kier alpha value is -2.40. The largest absolute Gasteiger partial charge is 0.507 e. The van der Waals surface area contributed by atoms with Gasteiger partial charge in [-0.05, 0) is 43.4 Å². The lowest BCUT2D eigenvalue weighted by molar-refractivity contribution is 0.218. The maximum absolute atomic E-state index is 10.1. The third-order valence-electron chi connectivity index (χ3n) is 4.88. The minimum Gasteiger partial charge on any atom is -0.507 e.